The number of hydrogen-bond acceptors (Lipinski definition) is 4. The zero-order chi connectivity index (χ0) is 19.3. The zero-order valence-corrected chi connectivity index (χ0v) is 20.0. The van der Waals surface area contributed by atoms with Crippen LogP contribution in [-0.2, 0) is 11.3 Å². The molecule has 1 aromatic rings. The van der Waals surface area contributed by atoms with Crippen LogP contribution in [0.3, 0.4) is 0 Å². The van der Waals surface area contributed by atoms with Gasteiger partial charge >= 0.3 is 0 Å². The summed E-state index contributed by atoms with van der Waals surface area (Å²) in [6.45, 7) is 14.5. The van der Waals surface area contributed by atoms with Crippen molar-refractivity contribution in [3.05, 3.63) is 35.9 Å². The number of aliphatic imine (C=N–C) groups is 1. The first-order valence-corrected chi connectivity index (χ1v) is 10.2. The van der Waals surface area contributed by atoms with E-state index in [1.54, 1.807) is 0 Å². The molecular weight excluding hydrogens is 465 g/mol. The fraction of sp³-hybridized carbons (Fsp3) is 0.667. The van der Waals surface area contributed by atoms with Gasteiger partial charge in [0.25, 0.3) is 0 Å². The Bertz CT molecular complexity index is 535. The van der Waals surface area contributed by atoms with E-state index >= 15 is 0 Å². The van der Waals surface area contributed by atoms with E-state index in [1.165, 1.54) is 18.7 Å². The van der Waals surface area contributed by atoms with Crippen LogP contribution >= 0.6 is 24.0 Å². The van der Waals surface area contributed by atoms with Crippen molar-refractivity contribution in [2.45, 2.75) is 20.5 Å². The molecule has 0 radical (unpaired) electrons. The molecule has 1 aliphatic heterocycles. The lowest BCUT2D eigenvalue weighted by atomic mass is 10.2. The summed E-state index contributed by atoms with van der Waals surface area (Å²) in [5, 5.41) is 6.83. The Labute approximate surface area is 188 Å². The third-order valence-corrected chi connectivity index (χ3v) is 4.99. The Morgan fingerprint density at radius 3 is 2.43 bits per heavy atom. The van der Waals surface area contributed by atoms with Gasteiger partial charge < -0.3 is 20.3 Å². The molecule has 1 saturated heterocycles. The van der Waals surface area contributed by atoms with Crippen LogP contribution in [0.15, 0.2) is 35.3 Å². The molecule has 6 nitrogen and oxygen atoms in total. The topological polar surface area (TPSA) is 52.1 Å². The van der Waals surface area contributed by atoms with E-state index in [0.29, 0.717) is 12.5 Å². The minimum absolute atomic E-state index is 0. The van der Waals surface area contributed by atoms with E-state index in [-0.39, 0.29) is 24.0 Å². The molecule has 0 bridgehead atoms. The lowest BCUT2D eigenvalue weighted by Crippen LogP contribution is -2.49. The number of halogens is 1. The molecule has 1 heterocycles. The van der Waals surface area contributed by atoms with Crippen molar-refractivity contribution in [1.82, 2.24) is 20.4 Å². The normalized spacial score (nSPS) is 17.0. The van der Waals surface area contributed by atoms with Gasteiger partial charge in [-0.2, -0.15) is 0 Å². The SMILES string of the molecule is CCN1CCN(CCNC(=NC)NCC(C)COCc2ccccc2)CC1.I. The second-order valence-electron chi connectivity index (χ2n) is 7.26. The highest BCUT2D eigenvalue weighted by Gasteiger charge is 2.14. The van der Waals surface area contributed by atoms with Crippen molar-refractivity contribution in [3.8, 4) is 0 Å². The van der Waals surface area contributed by atoms with E-state index in [9.17, 15) is 0 Å². The molecule has 1 unspecified atom stereocenters. The highest BCUT2D eigenvalue weighted by Crippen LogP contribution is 2.03. The fourth-order valence-corrected chi connectivity index (χ4v) is 3.16. The van der Waals surface area contributed by atoms with Crippen LogP contribution in [0.25, 0.3) is 0 Å². The van der Waals surface area contributed by atoms with Crippen molar-refractivity contribution >= 4 is 29.9 Å². The molecule has 0 amide bonds. The van der Waals surface area contributed by atoms with Crippen molar-refractivity contribution in [2.75, 3.05) is 66.0 Å². The maximum atomic E-state index is 5.81. The summed E-state index contributed by atoms with van der Waals surface area (Å²) in [4.78, 5) is 9.35. The first kappa shape index (κ1) is 25.1. The molecule has 1 atom stereocenters. The summed E-state index contributed by atoms with van der Waals surface area (Å²) in [5.74, 6) is 1.30. The second kappa shape index (κ2) is 15.0. The van der Waals surface area contributed by atoms with Gasteiger partial charge in [0.05, 0.1) is 13.2 Å². The standard InChI is InChI=1S/C21H37N5O.HI/c1-4-25-12-14-26(15-13-25)11-10-23-21(22-3)24-16-19(2)17-27-18-20-8-6-5-7-9-20;/h5-9,19H,4,10-18H2,1-3H3,(H2,22,23,24);1H. The number of likely N-dealkylation sites (N-methyl/N-ethyl adjacent to an activating group) is 1. The molecule has 1 aromatic carbocycles. The van der Waals surface area contributed by atoms with Gasteiger partial charge in [0.15, 0.2) is 5.96 Å². The van der Waals surface area contributed by atoms with Crippen LogP contribution in [0.4, 0.5) is 0 Å². The van der Waals surface area contributed by atoms with Crippen LogP contribution < -0.4 is 10.6 Å². The number of nitrogens with one attached hydrogen (secondary N) is 2. The zero-order valence-electron chi connectivity index (χ0n) is 17.7. The van der Waals surface area contributed by atoms with Gasteiger partial charge in [-0.1, -0.05) is 44.2 Å². The van der Waals surface area contributed by atoms with Gasteiger partial charge in [0.1, 0.15) is 0 Å². The van der Waals surface area contributed by atoms with Crippen LogP contribution in [0.2, 0.25) is 0 Å². The highest BCUT2D eigenvalue weighted by atomic mass is 127. The Morgan fingerprint density at radius 1 is 1.11 bits per heavy atom. The molecule has 2 rings (SSSR count). The minimum Gasteiger partial charge on any atom is -0.376 e. The number of hydrogen-bond donors (Lipinski definition) is 2. The predicted octanol–water partition coefficient (Wildman–Crippen LogP) is 2.26. The maximum absolute atomic E-state index is 5.81. The van der Waals surface area contributed by atoms with E-state index in [0.717, 1.165) is 51.8 Å². The first-order chi connectivity index (χ1) is 13.2. The molecule has 28 heavy (non-hydrogen) atoms. The molecule has 1 fully saturated rings. The summed E-state index contributed by atoms with van der Waals surface area (Å²) >= 11 is 0. The average Bonchev–Trinajstić information content (AvgIpc) is 2.71. The summed E-state index contributed by atoms with van der Waals surface area (Å²) in [6, 6.07) is 10.3. The lowest BCUT2D eigenvalue weighted by Gasteiger charge is -2.34. The number of benzene rings is 1. The summed E-state index contributed by atoms with van der Waals surface area (Å²) < 4.78 is 5.81. The van der Waals surface area contributed by atoms with Gasteiger partial charge in [-0.25, -0.2) is 0 Å². The Kier molecular flexibility index (Phi) is 13.5. The van der Waals surface area contributed by atoms with Crippen LogP contribution in [0, 0.1) is 5.92 Å². The molecule has 0 spiro atoms. The highest BCUT2D eigenvalue weighted by molar-refractivity contribution is 14.0. The van der Waals surface area contributed by atoms with Gasteiger partial charge in [-0.15, -0.1) is 24.0 Å². The molecule has 0 saturated carbocycles. The van der Waals surface area contributed by atoms with E-state index in [2.05, 4.69) is 51.4 Å². The number of piperazine rings is 1. The van der Waals surface area contributed by atoms with Crippen LogP contribution in [0.1, 0.15) is 19.4 Å². The number of rotatable bonds is 10. The quantitative estimate of drug-likeness (QED) is 0.292. The molecule has 2 N–H and O–H groups in total. The molecule has 0 aromatic heterocycles. The van der Waals surface area contributed by atoms with Gasteiger partial charge in [-0.05, 0) is 18.0 Å². The Hall–Kier alpha value is -0.900. The average molecular weight is 503 g/mol. The van der Waals surface area contributed by atoms with Crippen LogP contribution in [-0.4, -0.2) is 81.8 Å². The third-order valence-electron chi connectivity index (χ3n) is 4.99. The number of ether oxygens (including phenoxy) is 1. The van der Waals surface area contributed by atoms with E-state index in [4.69, 9.17) is 4.74 Å². The van der Waals surface area contributed by atoms with Gasteiger partial charge in [-0.3, -0.25) is 9.89 Å². The minimum atomic E-state index is 0. The van der Waals surface area contributed by atoms with E-state index < -0.39 is 0 Å². The summed E-state index contributed by atoms with van der Waals surface area (Å²) in [6.07, 6.45) is 0. The van der Waals surface area contributed by atoms with Gasteiger partial charge in [0, 0.05) is 52.9 Å². The van der Waals surface area contributed by atoms with E-state index in [1.807, 2.05) is 25.2 Å². The van der Waals surface area contributed by atoms with Crippen molar-refractivity contribution < 1.29 is 4.74 Å². The number of guanidine groups is 1. The lowest BCUT2D eigenvalue weighted by molar-refractivity contribution is 0.0931. The smallest absolute Gasteiger partial charge is 0.191 e. The number of nitrogens with zero attached hydrogens (tertiary/aromatic N) is 3. The largest absolute Gasteiger partial charge is 0.376 e. The Morgan fingerprint density at radius 2 is 1.79 bits per heavy atom. The fourth-order valence-electron chi connectivity index (χ4n) is 3.16. The molecule has 1 aliphatic rings. The molecule has 160 valence electrons. The Balaban J connectivity index is 0.00000392. The van der Waals surface area contributed by atoms with Crippen molar-refractivity contribution in [3.63, 3.8) is 0 Å². The third kappa shape index (κ3) is 10.0. The van der Waals surface area contributed by atoms with Gasteiger partial charge in [0.2, 0.25) is 0 Å². The maximum Gasteiger partial charge on any atom is 0.191 e. The molecular formula is C21H38IN5O. The summed E-state index contributed by atoms with van der Waals surface area (Å²) in [7, 11) is 1.83. The predicted molar refractivity (Wildman–Crippen MR) is 129 cm³/mol. The summed E-state index contributed by atoms with van der Waals surface area (Å²) in [5.41, 5.74) is 1.22. The molecule has 0 aliphatic carbocycles. The molecule has 7 heteroatoms. The first-order valence-electron chi connectivity index (χ1n) is 10.2. The van der Waals surface area contributed by atoms with Crippen LogP contribution in [0.5, 0.6) is 0 Å². The monoisotopic (exact) mass is 503 g/mol. The van der Waals surface area contributed by atoms with Crippen molar-refractivity contribution in [2.24, 2.45) is 10.9 Å². The second-order valence-corrected chi connectivity index (χ2v) is 7.26. The van der Waals surface area contributed by atoms with Crippen molar-refractivity contribution in [1.29, 1.82) is 0 Å².